The second-order valence-electron chi connectivity index (χ2n) is 6.24. The molecule has 0 radical (unpaired) electrons. The van der Waals surface area contributed by atoms with Gasteiger partial charge in [-0.3, -0.25) is 4.90 Å². The molecule has 1 aliphatic heterocycles. The molecule has 0 N–H and O–H groups in total. The first-order valence-electron chi connectivity index (χ1n) is 8.98. The van der Waals surface area contributed by atoms with Crippen LogP contribution < -0.4 is 4.74 Å². The van der Waals surface area contributed by atoms with Crippen molar-refractivity contribution in [3.8, 4) is 5.88 Å². The molecule has 0 atom stereocenters. The van der Waals surface area contributed by atoms with Crippen LogP contribution in [0.3, 0.4) is 0 Å². The maximum absolute atomic E-state index is 5.91. The zero-order valence-corrected chi connectivity index (χ0v) is 15.9. The third-order valence-corrected chi connectivity index (χ3v) is 4.64. The Morgan fingerprint density at radius 3 is 2.81 bits per heavy atom. The van der Waals surface area contributed by atoms with Crippen LogP contribution in [-0.2, 0) is 24.4 Å². The summed E-state index contributed by atoms with van der Waals surface area (Å²) < 4.78 is 18.5. The molecule has 0 saturated carbocycles. The number of ether oxygens (including phenoxy) is 2. The van der Waals surface area contributed by atoms with Crippen LogP contribution in [0.1, 0.15) is 18.6 Å². The maximum Gasteiger partial charge on any atom is 0.288 e. The lowest BCUT2D eigenvalue weighted by Crippen LogP contribution is -2.37. The van der Waals surface area contributed by atoms with Gasteiger partial charge in [0.05, 0.1) is 30.8 Å². The van der Waals surface area contributed by atoms with Gasteiger partial charge in [-0.05, 0) is 24.4 Å². The van der Waals surface area contributed by atoms with E-state index in [9.17, 15) is 0 Å². The van der Waals surface area contributed by atoms with Crippen LogP contribution in [-0.4, -0.2) is 51.0 Å². The molecule has 142 valence electrons. The number of benzene rings is 1. The van der Waals surface area contributed by atoms with E-state index in [0.717, 1.165) is 49.5 Å². The molecule has 3 heterocycles. The predicted molar refractivity (Wildman–Crippen MR) is 101 cm³/mol. The number of nitrogens with zero attached hydrogens (tertiary/aromatic N) is 5. The Labute approximate surface area is 161 Å². The minimum absolute atomic E-state index is 0.157. The molecule has 8 nitrogen and oxygen atoms in total. The summed E-state index contributed by atoms with van der Waals surface area (Å²) in [5, 5.41) is 5.30. The fourth-order valence-corrected chi connectivity index (χ4v) is 3.12. The maximum atomic E-state index is 5.91. The lowest BCUT2D eigenvalue weighted by atomic mass is 10.2. The van der Waals surface area contributed by atoms with E-state index >= 15 is 0 Å². The smallest absolute Gasteiger partial charge is 0.288 e. The lowest BCUT2D eigenvalue weighted by Gasteiger charge is -2.25. The van der Waals surface area contributed by atoms with Gasteiger partial charge in [0.1, 0.15) is 5.82 Å². The number of fused-ring (bicyclic) bond motifs is 1. The second-order valence-corrected chi connectivity index (χ2v) is 6.59. The summed E-state index contributed by atoms with van der Waals surface area (Å²) in [6.07, 6.45) is 0.732. The van der Waals surface area contributed by atoms with Gasteiger partial charge >= 0.3 is 0 Å². The molecule has 1 saturated heterocycles. The molecule has 0 unspecified atom stereocenters. The molecule has 1 aliphatic rings. The molecular weight excluding hydrogens is 366 g/mol. The summed E-state index contributed by atoms with van der Waals surface area (Å²) in [5.74, 6) is 1.69. The van der Waals surface area contributed by atoms with Crippen molar-refractivity contribution < 1.29 is 13.9 Å². The number of rotatable bonds is 6. The van der Waals surface area contributed by atoms with Crippen LogP contribution in [0.5, 0.6) is 5.88 Å². The van der Waals surface area contributed by atoms with Gasteiger partial charge in [-0.15, -0.1) is 5.10 Å². The fourth-order valence-electron chi connectivity index (χ4n) is 2.92. The monoisotopic (exact) mass is 387 g/mol. The number of hydrogen-bond acceptors (Lipinski definition) is 8. The van der Waals surface area contributed by atoms with Gasteiger partial charge in [-0.25, -0.2) is 9.67 Å². The van der Waals surface area contributed by atoms with Crippen molar-refractivity contribution in [2.45, 2.75) is 26.6 Å². The normalized spacial score (nSPS) is 15.3. The fraction of sp³-hybridized carbons (Fsp3) is 0.444. The Bertz CT molecular complexity index is 981. The van der Waals surface area contributed by atoms with E-state index in [1.807, 2.05) is 31.2 Å². The molecule has 2 aromatic heterocycles. The summed E-state index contributed by atoms with van der Waals surface area (Å²) in [5.41, 5.74) is 0.859. The Morgan fingerprint density at radius 2 is 2.00 bits per heavy atom. The van der Waals surface area contributed by atoms with Gasteiger partial charge in [0.2, 0.25) is 5.88 Å². The molecule has 1 aromatic carbocycles. The molecular formula is C18H21N5O3S. The Balaban J connectivity index is 1.50. The standard InChI is InChI=1S/C18H21N5O3S/c1-2-15-19-14-6-4-3-5-13(14)17(20-15)25-11-16-21-23(18(27)26-16)12-22-7-9-24-10-8-22/h3-6H,2,7-12H2,1H3. The van der Waals surface area contributed by atoms with Crippen LogP contribution in [0, 0.1) is 4.84 Å². The second kappa shape index (κ2) is 8.12. The van der Waals surface area contributed by atoms with Crippen molar-refractivity contribution in [1.82, 2.24) is 24.6 Å². The summed E-state index contributed by atoms with van der Waals surface area (Å²) >= 11 is 5.28. The lowest BCUT2D eigenvalue weighted by molar-refractivity contribution is 0.0206. The molecule has 1 fully saturated rings. The molecule has 0 amide bonds. The minimum atomic E-state index is 0.157. The Morgan fingerprint density at radius 1 is 1.19 bits per heavy atom. The van der Waals surface area contributed by atoms with E-state index in [4.69, 9.17) is 26.1 Å². The van der Waals surface area contributed by atoms with Crippen molar-refractivity contribution in [2.75, 3.05) is 26.3 Å². The van der Waals surface area contributed by atoms with Crippen molar-refractivity contribution >= 4 is 23.1 Å². The largest absolute Gasteiger partial charge is 0.467 e. The van der Waals surface area contributed by atoms with E-state index in [1.165, 1.54) is 0 Å². The third kappa shape index (κ3) is 4.15. The average Bonchev–Trinajstić information content (AvgIpc) is 3.06. The summed E-state index contributed by atoms with van der Waals surface area (Å²) in [7, 11) is 0. The summed E-state index contributed by atoms with van der Waals surface area (Å²) in [4.78, 5) is 11.6. The van der Waals surface area contributed by atoms with Crippen molar-refractivity contribution in [1.29, 1.82) is 0 Å². The minimum Gasteiger partial charge on any atom is -0.467 e. The van der Waals surface area contributed by atoms with Crippen LogP contribution >= 0.6 is 12.2 Å². The Kier molecular flexibility index (Phi) is 5.42. The summed E-state index contributed by atoms with van der Waals surface area (Å²) in [6.45, 7) is 5.91. The van der Waals surface area contributed by atoms with E-state index in [2.05, 4.69) is 20.0 Å². The topological polar surface area (TPSA) is 78.4 Å². The Hall–Kier alpha value is -2.36. The van der Waals surface area contributed by atoms with Gasteiger partial charge in [-0.2, -0.15) is 4.98 Å². The molecule has 3 aromatic rings. The highest BCUT2D eigenvalue weighted by Gasteiger charge is 2.15. The molecule has 0 aliphatic carbocycles. The third-order valence-electron chi connectivity index (χ3n) is 4.35. The van der Waals surface area contributed by atoms with Gasteiger partial charge in [0, 0.05) is 19.5 Å². The van der Waals surface area contributed by atoms with Crippen molar-refractivity contribution in [3.05, 3.63) is 40.8 Å². The van der Waals surface area contributed by atoms with Gasteiger partial charge in [-0.1, -0.05) is 19.1 Å². The van der Waals surface area contributed by atoms with E-state index < -0.39 is 0 Å². The first kappa shape index (κ1) is 18.0. The highest BCUT2D eigenvalue weighted by molar-refractivity contribution is 7.71. The number of morpholine rings is 1. The highest BCUT2D eigenvalue weighted by Crippen LogP contribution is 2.23. The van der Waals surface area contributed by atoms with Gasteiger partial charge in [0.15, 0.2) is 6.61 Å². The number of hydrogen-bond donors (Lipinski definition) is 0. The number of aryl methyl sites for hydroxylation is 1. The van der Waals surface area contributed by atoms with Crippen molar-refractivity contribution in [2.24, 2.45) is 0 Å². The summed E-state index contributed by atoms with van der Waals surface area (Å²) in [6, 6.07) is 7.78. The van der Waals surface area contributed by atoms with E-state index in [1.54, 1.807) is 4.68 Å². The van der Waals surface area contributed by atoms with E-state index in [-0.39, 0.29) is 6.61 Å². The number of aromatic nitrogens is 4. The van der Waals surface area contributed by atoms with Crippen LogP contribution in [0.25, 0.3) is 10.9 Å². The van der Waals surface area contributed by atoms with Crippen LogP contribution in [0.15, 0.2) is 28.7 Å². The first-order chi connectivity index (χ1) is 13.2. The quantitative estimate of drug-likeness (QED) is 0.597. The highest BCUT2D eigenvalue weighted by atomic mass is 32.1. The molecule has 0 spiro atoms. The molecule has 0 bridgehead atoms. The van der Waals surface area contributed by atoms with Crippen LogP contribution in [0.4, 0.5) is 0 Å². The molecule has 9 heteroatoms. The zero-order valence-electron chi connectivity index (χ0n) is 15.1. The number of para-hydroxylation sites is 1. The van der Waals surface area contributed by atoms with Gasteiger partial charge < -0.3 is 13.9 Å². The van der Waals surface area contributed by atoms with E-state index in [0.29, 0.717) is 23.3 Å². The zero-order chi connectivity index (χ0) is 18.6. The first-order valence-corrected chi connectivity index (χ1v) is 9.39. The van der Waals surface area contributed by atoms with Crippen molar-refractivity contribution in [3.63, 3.8) is 0 Å². The average molecular weight is 387 g/mol. The van der Waals surface area contributed by atoms with Gasteiger partial charge in [0.25, 0.3) is 10.7 Å². The van der Waals surface area contributed by atoms with Crippen LogP contribution in [0.2, 0.25) is 0 Å². The SMILES string of the molecule is CCc1nc(OCc2nn(CN3CCOCC3)c(=S)o2)c2ccccc2n1. The molecule has 27 heavy (non-hydrogen) atoms. The molecule has 4 rings (SSSR count). The predicted octanol–water partition coefficient (Wildman–Crippen LogP) is 2.58.